The summed E-state index contributed by atoms with van der Waals surface area (Å²) in [6.45, 7) is 4.89. The van der Waals surface area contributed by atoms with E-state index in [0.29, 0.717) is 38.2 Å². The monoisotopic (exact) mass is 452 g/mol. The van der Waals surface area contributed by atoms with Crippen LogP contribution in [0.15, 0.2) is 54.6 Å². The largest absolute Gasteiger partial charge is 0.352 e. The standard InChI is InChI=1S/C25H29FN4O3/c1-18(2)27-22(31)16-29-17-30(21-6-4-3-5-7-21)25(24(29)33)12-14-28(15-13-25)23(32)19-8-10-20(26)11-9-19/h3-11,18H,12-17H2,1-2H3,(H,27,31). The van der Waals surface area contributed by atoms with Gasteiger partial charge >= 0.3 is 0 Å². The summed E-state index contributed by atoms with van der Waals surface area (Å²) in [5.41, 5.74) is 0.534. The fourth-order valence-corrected chi connectivity index (χ4v) is 4.72. The van der Waals surface area contributed by atoms with E-state index in [1.165, 1.54) is 24.3 Å². The lowest BCUT2D eigenvalue weighted by molar-refractivity contribution is -0.137. The van der Waals surface area contributed by atoms with Crippen molar-refractivity contribution >= 4 is 23.4 Å². The zero-order valence-electron chi connectivity index (χ0n) is 19.0. The minimum atomic E-state index is -0.807. The lowest BCUT2D eigenvalue weighted by Gasteiger charge is -2.43. The average molecular weight is 453 g/mol. The van der Waals surface area contributed by atoms with Gasteiger partial charge in [-0.05, 0) is 63.1 Å². The van der Waals surface area contributed by atoms with Gasteiger partial charge in [-0.2, -0.15) is 0 Å². The van der Waals surface area contributed by atoms with E-state index in [-0.39, 0.29) is 36.1 Å². The van der Waals surface area contributed by atoms with Crippen LogP contribution in [0.2, 0.25) is 0 Å². The first-order valence-electron chi connectivity index (χ1n) is 11.3. The molecule has 2 aliphatic heterocycles. The van der Waals surface area contributed by atoms with E-state index in [9.17, 15) is 18.8 Å². The van der Waals surface area contributed by atoms with Crippen LogP contribution in [0, 0.1) is 5.82 Å². The summed E-state index contributed by atoms with van der Waals surface area (Å²) < 4.78 is 13.2. The topological polar surface area (TPSA) is 73.0 Å². The van der Waals surface area contributed by atoms with Crippen LogP contribution in [0.25, 0.3) is 0 Å². The van der Waals surface area contributed by atoms with Crippen molar-refractivity contribution in [3.05, 3.63) is 66.0 Å². The first-order valence-corrected chi connectivity index (χ1v) is 11.3. The summed E-state index contributed by atoms with van der Waals surface area (Å²) in [6, 6.07) is 15.2. The van der Waals surface area contributed by atoms with E-state index in [0.717, 1.165) is 5.69 Å². The van der Waals surface area contributed by atoms with Gasteiger partial charge in [0, 0.05) is 30.4 Å². The van der Waals surface area contributed by atoms with Crippen molar-refractivity contribution in [2.24, 2.45) is 0 Å². The molecule has 8 heteroatoms. The van der Waals surface area contributed by atoms with Crippen molar-refractivity contribution in [2.75, 3.05) is 31.2 Å². The van der Waals surface area contributed by atoms with E-state index in [2.05, 4.69) is 10.2 Å². The Bertz CT molecular complexity index is 1020. The minimum Gasteiger partial charge on any atom is -0.352 e. The number of hydrogen-bond donors (Lipinski definition) is 1. The molecule has 3 amide bonds. The Morgan fingerprint density at radius 2 is 1.67 bits per heavy atom. The summed E-state index contributed by atoms with van der Waals surface area (Å²) in [5, 5.41) is 2.85. The number of nitrogens with zero attached hydrogens (tertiary/aromatic N) is 3. The molecule has 0 aliphatic carbocycles. The van der Waals surface area contributed by atoms with Crippen LogP contribution < -0.4 is 10.2 Å². The summed E-state index contributed by atoms with van der Waals surface area (Å²) in [7, 11) is 0. The second-order valence-corrected chi connectivity index (χ2v) is 8.96. The number of carbonyl (C=O) groups is 3. The third kappa shape index (κ3) is 4.55. The van der Waals surface area contributed by atoms with Crippen molar-refractivity contribution in [2.45, 2.75) is 38.3 Å². The molecule has 2 saturated heterocycles. The van der Waals surface area contributed by atoms with Gasteiger partial charge in [0.1, 0.15) is 17.9 Å². The van der Waals surface area contributed by atoms with Crippen molar-refractivity contribution in [3.8, 4) is 0 Å². The molecule has 0 radical (unpaired) electrons. The van der Waals surface area contributed by atoms with Crippen molar-refractivity contribution in [1.82, 2.24) is 15.1 Å². The number of amides is 3. The molecule has 4 rings (SSSR count). The van der Waals surface area contributed by atoms with Crippen molar-refractivity contribution < 1.29 is 18.8 Å². The Morgan fingerprint density at radius 3 is 2.27 bits per heavy atom. The highest BCUT2D eigenvalue weighted by atomic mass is 19.1. The Kier molecular flexibility index (Phi) is 6.35. The zero-order valence-corrected chi connectivity index (χ0v) is 19.0. The quantitative estimate of drug-likeness (QED) is 0.757. The van der Waals surface area contributed by atoms with Gasteiger partial charge in [-0.25, -0.2) is 4.39 Å². The van der Waals surface area contributed by atoms with Crippen LogP contribution in [0.4, 0.5) is 10.1 Å². The van der Waals surface area contributed by atoms with E-state index in [4.69, 9.17) is 0 Å². The number of likely N-dealkylation sites (tertiary alicyclic amines) is 1. The minimum absolute atomic E-state index is 0.000319. The van der Waals surface area contributed by atoms with E-state index in [1.807, 2.05) is 44.2 Å². The first kappa shape index (κ1) is 22.8. The predicted octanol–water partition coefficient (Wildman–Crippen LogP) is 2.63. The van der Waals surface area contributed by atoms with Gasteiger partial charge in [-0.3, -0.25) is 14.4 Å². The molecule has 7 nitrogen and oxygen atoms in total. The maximum Gasteiger partial charge on any atom is 0.253 e. The lowest BCUT2D eigenvalue weighted by atomic mass is 9.85. The van der Waals surface area contributed by atoms with Crippen LogP contribution in [0.1, 0.15) is 37.0 Å². The molecular formula is C25H29FN4O3. The molecule has 1 spiro atoms. The van der Waals surface area contributed by atoms with Gasteiger partial charge in [-0.15, -0.1) is 0 Å². The fraction of sp³-hybridized carbons (Fsp3) is 0.400. The molecule has 1 N–H and O–H groups in total. The van der Waals surface area contributed by atoms with Gasteiger partial charge in [0.15, 0.2) is 0 Å². The molecule has 0 bridgehead atoms. The zero-order chi connectivity index (χ0) is 23.6. The van der Waals surface area contributed by atoms with Crippen LogP contribution in [0.3, 0.4) is 0 Å². The Balaban J connectivity index is 1.54. The molecule has 174 valence electrons. The van der Waals surface area contributed by atoms with E-state index >= 15 is 0 Å². The molecule has 2 aromatic rings. The van der Waals surface area contributed by atoms with Gasteiger partial charge in [0.05, 0.1) is 6.67 Å². The number of rotatable bonds is 5. The van der Waals surface area contributed by atoms with Gasteiger partial charge < -0.3 is 20.0 Å². The summed E-state index contributed by atoms with van der Waals surface area (Å²) in [6.07, 6.45) is 0.909. The molecule has 0 saturated carbocycles. The lowest BCUT2D eigenvalue weighted by Crippen LogP contribution is -2.57. The van der Waals surface area contributed by atoms with Gasteiger partial charge in [0.25, 0.3) is 11.8 Å². The maximum absolute atomic E-state index is 13.6. The van der Waals surface area contributed by atoms with Crippen LogP contribution >= 0.6 is 0 Å². The fourth-order valence-electron chi connectivity index (χ4n) is 4.72. The third-order valence-electron chi connectivity index (χ3n) is 6.34. The number of hydrogen-bond acceptors (Lipinski definition) is 4. The van der Waals surface area contributed by atoms with Crippen LogP contribution in [-0.4, -0.2) is 65.4 Å². The predicted molar refractivity (Wildman–Crippen MR) is 123 cm³/mol. The Hall–Kier alpha value is -3.42. The number of anilines is 1. The molecule has 2 aliphatic rings. The highest BCUT2D eigenvalue weighted by Crippen LogP contribution is 2.39. The van der Waals surface area contributed by atoms with E-state index in [1.54, 1.807) is 9.80 Å². The third-order valence-corrected chi connectivity index (χ3v) is 6.34. The SMILES string of the molecule is CC(C)NC(=O)CN1CN(c2ccccc2)C2(CCN(C(=O)c3ccc(F)cc3)CC2)C1=O. The highest BCUT2D eigenvalue weighted by molar-refractivity contribution is 5.97. The number of benzene rings is 2. The molecule has 33 heavy (non-hydrogen) atoms. The summed E-state index contributed by atoms with van der Waals surface area (Å²) in [5.74, 6) is -0.831. The normalized spacial score (nSPS) is 17.7. The molecule has 0 aromatic heterocycles. The molecule has 2 fully saturated rings. The Labute approximate surface area is 193 Å². The molecule has 0 unspecified atom stereocenters. The first-order chi connectivity index (χ1) is 15.8. The number of nitrogens with one attached hydrogen (secondary N) is 1. The smallest absolute Gasteiger partial charge is 0.253 e. The van der Waals surface area contributed by atoms with Gasteiger partial charge in [0.2, 0.25) is 5.91 Å². The molecule has 2 heterocycles. The number of para-hydroxylation sites is 1. The average Bonchev–Trinajstić information content (AvgIpc) is 3.06. The van der Waals surface area contributed by atoms with Gasteiger partial charge in [-0.1, -0.05) is 18.2 Å². The Morgan fingerprint density at radius 1 is 1.03 bits per heavy atom. The molecule has 2 aromatic carbocycles. The van der Waals surface area contributed by atoms with Crippen LogP contribution in [0.5, 0.6) is 0 Å². The molecule has 0 atom stereocenters. The summed E-state index contributed by atoms with van der Waals surface area (Å²) in [4.78, 5) is 44.3. The maximum atomic E-state index is 13.6. The number of halogens is 1. The number of carbonyl (C=O) groups excluding carboxylic acids is 3. The van der Waals surface area contributed by atoms with Crippen molar-refractivity contribution in [1.29, 1.82) is 0 Å². The second kappa shape index (κ2) is 9.21. The van der Waals surface area contributed by atoms with Crippen LogP contribution in [-0.2, 0) is 9.59 Å². The summed E-state index contributed by atoms with van der Waals surface area (Å²) >= 11 is 0. The van der Waals surface area contributed by atoms with Crippen molar-refractivity contribution in [3.63, 3.8) is 0 Å². The van der Waals surface area contributed by atoms with E-state index < -0.39 is 5.54 Å². The second-order valence-electron chi connectivity index (χ2n) is 8.96. The molecular weight excluding hydrogens is 423 g/mol. The number of piperidine rings is 1. The highest BCUT2D eigenvalue weighted by Gasteiger charge is 2.54.